The molecule has 0 aliphatic carbocycles. The van der Waals surface area contributed by atoms with Crippen molar-refractivity contribution in [2.45, 2.75) is 13.5 Å². The van der Waals surface area contributed by atoms with Gasteiger partial charge in [-0.15, -0.1) is 16.4 Å². The summed E-state index contributed by atoms with van der Waals surface area (Å²) in [5, 5.41) is 11.1. The molecular formula is C14H13ClN4S. The standard InChI is InChI=1S/C14H13ClN4S/c1-9-4-5-10(15)7-12(9)19-14(11(8-16)17-18-19)13-3-2-6-20-13/h2-7H,8,16H2,1H3. The first-order chi connectivity index (χ1) is 9.70. The zero-order valence-electron chi connectivity index (χ0n) is 10.9. The van der Waals surface area contributed by atoms with Crippen molar-refractivity contribution in [2.24, 2.45) is 5.73 Å². The van der Waals surface area contributed by atoms with Crippen molar-refractivity contribution >= 4 is 22.9 Å². The number of benzene rings is 1. The van der Waals surface area contributed by atoms with Gasteiger partial charge in [-0.3, -0.25) is 0 Å². The van der Waals surface area contributed by atoms with E-state index < -0.39 is 0 Å². The van der Waals surface area contributed by atoms with E-state index in [0.29, 0.717) is 11.6 Å². The third-order valence-electron chi connectivity index (χ3n) is 3.09. The van der Waals surface area contributed by atoms with Gasteiger partial charge in [0.15, 0.2) is 0 Å². The Kier molecular flexibility index (Phi) is 3.56. The van der Waals surface area contributed by atoms with E-state index in [1.165, 1.54) is 0 Å². The Morgan fingerprint density at radius 3 is 2.90 bits per heavy atom. The molecule has 1 aromatic carbocycles. The summed E-state index contributed by atoms with van der Waals surface area (Å²) in [6.07, 6.45) is 0. The number of aryl methyl sites for hydroxylation is 1. The van der Waals surface area contributed by atoms with Crippen LogP contribution in [-0.4, -0.2) is 15.0 Å². The number of halogens is 1. The molecule has 0 aliphatic heterocycles. The van der Waals surface area contributed by atoms with Crippen molar-refractivity contribution in [1.29, 1.82) is 0 Å². The zero-order chi connectivity index (χ0) is 14.1. The molecule has 4 nitrogen and oxygen atoms in total. The lowest BCUT2D eigenvalue weighted by Crippen LogP contribution is -2.03. The van der Waals surface area contributed by atoms with Crippen LogP contribution in [-0.2, 0) is 6.54 Å². The molecule has 0 saturated heterocycles. The maximum absolute atomic E-state index is 6.10. The average Bonchev–Trinajstić information content (AvgIpc) is 3.08. The van der Waals surface area contributed by atoms with Crippen LogP contribution in [0.25, 0.3) is 16.3 Å². The van der Waals surface area contributed by atoms with Crippen LogP contribution in [0.1, 0.15) is 11.3 Å². The van der Waals surface area contributed by atoms with Crippen LogP contribution in [0, 0.1) is 6.92 Å². The number of thiophene rings is 1. The lowest BCUT2D eigenvalue weighted by atomic mass is 10.2. The number of nitrogens with two attached hydrogens (primary N) is 1. The topological polar surface area (TPSA) is 56.7 Å². The monoisotopic (exact) mass is 304 g/mol. The third-order valence-corrected chi connectivity index (χ3v) is 4.20. The summed E-state index contributed by atoms with van der Waals surface area (Å²) in [6.45, 7) is 2.38. The fraction of sp³-hybridized carbons (Fsp3) is 0.143. The van der Waals surface area contributed by atoms with Gasteiger partial charge in [0.1, 0.15) is 11.4 Å². The van der Waals surface area contributed by atoms with E-state index in [9.17, 15) is 0 Å². The van der Waals surface area contributed by atoms with Crippen molar-refractivity contribution in [3.8, 4) is 16.3 Å². The summed E-state index contributed by atoms with van der Waals surface area (Å²) in [5.74, 6) is 0. The molecule has 0 radical (unpaired) electrons. The highest BCUT2D eigenvalue weighted by atomic mass is 35.5. The Morgan fingerprint density at radius 1 is 1.35 bits per heavy atom. The molecule has 2 N–H and O–H groups in total. The van der Waals surface area contributed by atoms with Crippen molar-refractivity contribution in [2.75, 3.05) is 0 Å². The van der Waals surface area contributed by atoms with Crippen LogP contribution in [0.5, 0.6) is 0 Å². The van der Waals surface area contributed by atoms with Crippen LogP contribution in [0.15, 0.2) is 35.7 Å². The fourth-order valence-corrected chi connectivity index (χ4v) is 3.03. The van der Waals surface area contributed by atoms with E-state index in [1.807, 2.05) is 47.3 Å². The zero-order valence-corrected chi connectivity index (χ0v) is 12.4. The van der Waals surface area contributed by atoms with Gasteiger partial charge in [-0.2, -0.15) is 0 Å². The number of aromatic nitrogens is 3. The molecule has 2 aromatic heterocycles. The lowest BCUT2D eigenvalue weighted by Gasteiger charge is -2.09. The molecule has 0 aliphatic rings. The summed E-state index contributed by atoms with van der Waals surface area (Å²) in [7, 11) is 0. The first-order valence-electron chi connectivity index (χ1n) is 6.15. The lowest BCUT2D eigenvalue weighted by molar-refractivity contribution is 0.796. The van der Waals surface area contributed by atoms with Crippen molar-refractivity contribution in [3.63, 3.8) is 0 Å². The molecule has 0 bridgehead atoms. The van der Waals surface area contributed by atoms with E-state index in [0.717, 1.165) is 27.5 Å². The predicted octanol–water partition coefficient (Wildman–Crippen LogP) is 3.42. The highest BCUT2D eigenvalue weighted by Crippen LogP contribution is 2.30. The number of rotatable bonds is 3. The van der Waals surface area contributed by atoms with Gasteiger partial charge in [0, 0.05) is 11.6 Å². The SMILES string of the molecule is Cc1ccc(Cl)cc1-n1nnc(CN)c1-c1cccs1. The molecule has 102 valence electrons. The largest absolute Gasteiger partial charge is 0.325 e. The van der Waals surface area contributed by atoms with Crippen LogP contribution < -0.4 is 5.73 Å². The molecule has 0 fully saturated rings. The Bertz CT molecular complexity index is 734. The molecule has 3 aromatic rings. The minimum absolute atomic E-state index is 0.354. The van der Waals surface area contributed by atoms with E-state index in [4.69, 9.17) is 17.3 Å². The molecule has 0 amide bonds. The van der Waals surface area contributed by atoms with Crippen molar-refractivity contribution in [3.05, 3.63) is 52.0 Å². The van der Waals surface area contributed by atoms with Crippen molar-refractivity contribution in [1.82, 2.24) is 15.0 Å². The van der Waals surface area contributed by atoms with Crippen LogP contribution in [0.3, 0.4) is 0 Å². The molecule has 0 saturated carbocycles. The molecule has 2 heterocycles. The van der Waals surface area contributed by atoms with Crippen LogP contribution in [0.4, 0.5) is 0 Å². The second-order valence-electron chi connectivity index (χ2n) is 4.41. The Hall–Kier alpha value is -1.69. The van der Waals surface area contributed by atoms with Crippen LogP contribution >= 0.6 is 22.9 Å². The Morgan fingerprint density at radius 2 is 2.20 bits per heavy atom. The van der Waals surface area contributed by atoms with E-state index in [2.05, 4.69) is 10.3 Å². The highest BCUT2D eigenvalue weighted by Gasteiger charge is 2.17. The van der Waals surface area contributed by atoms with E-state index in [1.54, 1.807) is 11.3 Å². The molecular weight excluding hydrogens is 292 g/mol. The first-order valence-corrected chi connectivity index (χ1v) is 7.41. The Labute approximate surface area is 125 Å². The van der Waals surface area contributed by atoms with Crippen molar-refractivity contribution < 1.29 is 0 Å². The minimum atomic E-state index is 0.354. The average molecular weight is 305 g/mol. The van der Waals surface area contributed by atoms with Gasteiger partial charge in [0.25, 0.3) is 0 Å². The maximum Gasteiger partial charge on any atom is 0.109 e. The number of hydrogen-bond acceptors (Lipinski definition) is 4. The second-order valence-corrected chi connectivity index (χ2v) is 5.79. The smallest absolute Gasteiger partial charge is 0.109 e. The van der Waals surface area contributed by atoms with Gasteiger partial charge in [-0.25, -0.2) is 4.68 Å². The molecule has 0 unspecified atom stereocenters. The first kappa shape index (κ1) is 13.3. The summed E-state index contributed by atoms with van der Waals surface area (Å²) < 4.78 is 1.81. The molecule has 3 rings (SSSR count). The van der Waals surface area contributed by atoms with Gasteiger partial charge in [-0.1, -0.05) is 28.9 Å². The number of hydrogen-bond donors (Lipinski definition) is 1. The normalized spacial score (nSPS) is 10.9. The maximum atomic E-state index is 6.10. The summed E-state index contributed by atoms with van der Waals surface area (Å²) in [6, 6.07) is 9.77. The van der Waals surface area contributed by atoms with E-state index >= 15 is 0 Å². The van der Waals surface area contributed by atoms with Gasteiger partial charge < -0.3 is 5.73 Å². The van der Waals surface area contributed by atoms with Gasteiger partial charge in [0.2, 0.25) is 0 Å². The predicted molar refractivity (Wildman–Crippen MR) is 82.3 cm³/mol. The summed E-state index contributed by atoms with van der Waals surface area (Å²) >= 11 is 7.74. The summed E-state index contributed by atoms with van der Waals surface area (Å²) in [4.78, 5) is 1.09. The minimum Gasteiger partial charge on any atom is -0.325 e. The quantitative estimate of drug-likeness (QED) is 0.806. The van der Waals surface area contributed by atoms with Crippen LogP contribution in [0.2, 0.25) is 5.02 Å². The summed E-state index contributed by atoms with van der Waals surface area (Å²) in [5.41, 5.74) is 9.51. The van der Waals surface area contributed by atoms with Gasteiger partial charge in [-0.05, 0) is 36.1 Å². The molecule has 0 atom stereocenters. The third kappa shape index (κ3) is 2.24. The fourth-order valence-electron chi connectivity index (χ4n) is 2.09. The Balaban J connectivity index is 2.25. The second kappa shape index (κ2) is 5.36. The van der Waals surface area contributed by atoms with Gasteiger partial charge in [0.05, 0.1) is 10.6 Å². The molecule has 6 heteroatoms. The highest BCUT2D eigenvalue weighted by molar-refractivity contribution is 7.13. The van der Waals surface area contributed by atoms with E-state index in [-0.39, 0.29) is 0 Å². The molecule has 20 heavy (non-hydrogen) atoms. The van der Waals surface area contributed by atoms with Gasteiger partial charge >= 0.3 is 0 Å². The molecule has 0 spiro atoms. The number of nitrogens with zero attached hydrogens (tertiary/aromatic N) is 3.